The molecule has 7 atom stereocenters. The minimum Gasteiger partial charge on any atom is -0.462 e. The van der Waals surface area contributed by atoms with E-state index in [1.54, 1.807) is 0 Å². The quantitative estimate of drug-likeness (QED) is 0.0222. The largest absolute Gasteiger partial charge is 0.472 e. The fourth-order valence-electron chi connectivity index (χ4n) is 10.4. The Bertz CT molecular complexity index is 1720. The van der Waals surface area contributed by atoms with Gasteiger partial charge in [-0.3, -0.25) is 37.3 Å². The topological polar surface area (TPSA) is 237 Å². The molecule has 0 amide bonds. The van der Waals surface area contributed by atoms with Crippen molar-refractivity contribution < 1.29 is 80.2 Å². The molecule has 88 heavy (non-hydrogen) atoms. The van der Waals surface area contributed by atoms with Crippen molar-refractivity contribution in [1.82, 2.24) is 0 Å². The van der Waals surface area contributed by atoms with E-state index in [4.69, 9.17) is 37.0 Å². The Balaban J connectivity index is 5.08. The fourth-order valence-corrected chi connectivity index (χ4v) is 11.9. The molecule has 522 valence electrons. The average Bonchev–Trinajstić information content (AvgIpc) is 3.47. The predicted octanol–water partition coefficient (Wildman–Crippen LogP) is 19.6. The summed E-state index contributed by atoms with van der Waals surface area (Å²) in [6.07, 6.45) is 46.3. The van der Waals surface area contributed by atoms with Crippen LogP contribution in [-0.4, -0.2) is 96.7 Å². The number of hydrogen-bond donors (Lipinski definition) is 3. The molecule has 0 saturated heterocycles. The molecule has 0 radical (unpaired) electrons. The molecular weight excluding hydrogens is 1160 g/mol. The van der Waals surface area contributed by atoms with Crippen molar-refractivity contribution in [2.45, 2.75) is 368 Å². The van der Waals surface area contributed by atoms with Crippen LogP contribution in [0.4, 0.5) is 0 Å². The molecular formula is C69H134O17P2. The number of carbonyl (C=O) groups excluding carboxylic acids is 4. The number of aliphatic hydroxyl groups excluding tert-OH is 1. The first-order valence-electron chi connectivity index (χ1n) is 36.1. The van der Waals surface area contributed by atoms with Crippen molar-refractivity contribution in [3.05, 3.63) is 0 Å². The number of hydrogen-bond acceptors (Lipinski definition) is 15. The highest BCUT2D eigenvalue weighted by molar-refractivity contribution is 7.47. The lowest BCUT2D eigenvalue weighted by Crippen LogP contribution is -2.30. The van der Waals surface area contributed by atoms with E-state index in [9.17, 15) is 43.2 Å². The Morgan fingerprint density at radius 2 is 0.545 bits per heavy atom. The van der Waals surface area contributed by atoms with E-state index in [0.717, 1.165) is 108 Å². The minimum absolute atomic E-state index is 0.105. The third-order valence-corrected chi connectivity index (χ3v) is 18.6. The van der Waals surface area contributed by atoms with E-state index < -0.39 is 97.5 Å². The van der Waals surface area contributed by atoms with Crippen molar-refractivity contribution in [3.8, 4) is 0 Å². The molecule has 0 saturated carbocycles. The van der Waals surface area contributed by atoms with Crippen LogP contribution in [-0.2, 0) is 65.4 Å². The number of esters is 4. The van der Waals surface area contributed by atoms with E-state index in [-0.39, 0.29) is 25.7 Å². The van der Waals surface area contributed by atoms with E-state index in [2.05, 4.69) is 41.5 Å². The van der Waals surface area contributed by atoms with Crippen LogP contribution < -0.4 is 0 Å². The van der Waals surface area contributed by atoms with Crippen LogP contribution in [0.2, 0.25) is 0 Å². The van der Waals surface area contributed by atoms with Crippen molar-refractivity contribution in [2.24, 2.45) is 11.8 Å². The van der Waals surface area contributed by atoms with Gasteiger partial charge < -0.3 is 33.8 Å². The first-order chi connectivity index (χ1) is 42.4. The average molecular weight is 1300 g/mol. The molecule has 0 aromatic heterocycles. The Morgan fingerprint density at radius 3 is 0.807 bits per heavy atom. The van der Waals surface area contributed by atoms with Gasteiger partial charge in [-0.05, 0) is 37.5 Å². The van der Waals surface area contributed by atoms with Crippen LogP contribution >= 0.6 is 15.6 Å². The number of aliphatic hydroxyl groups is 1. The summed E-state index contributed by atoms with van der Waals surface area (Å²) in [6.45, 7) is 9.50. The Labute approximate surface area is 537 Å². The lowest BCUT2D eigenvalue weighted by atomic mass is 9.99. The molecule has 19 heteroatoms. The Morgan fingerprint density at radius 1 is 0.318 bits per heavy atom. The van der Waals surface area contributed by atoms with Crippen molar-refractivity contribution in [2.75, 3.05) is 39.6 Å². The van der Waals surface area contributed by atoms with Gasteiger partial charge >= 0.3 is 39.5 Å². The number of unbranched alkanes of at least 4 members (excludes halogenated alkanes) is 36. The highest BCUT2D eigenvalue weighted by atomic mass is 31.2. The zero-order valence-corrected chi connectivity index (χ0v) is 58.8. The normalized spacial score (nSPS) is 14.8. The maximum atomic E-state index is 13.0. The van der Waals surface area contributed by atoms with Gasteiger partial charge in [0.1, 0.15) is 19.3 Å². The summed E-state index contributed by atoms with van der Waals surface area (Å²) in [5, 5.41) is 10.5. The van der Waals surface area contributed by atoms with Crippen molar-refractivity contribution in [1.29, 1.82) is 0 Å². The second-order valence-corrected chi connectivity index (χ2v) is 28.3. The van der Waals surface area contributed by atoms with Gasteiger partial charge in [0.2, 0.25) is 0 Å². The fraction of sp³-hybridized carbons (Fsp3) is 0.942. The van der Waals surface area contributed by atoms with E-state index in [1.165, 1.54) is 161 Å². The van der Waals surface area contributed by atoms with Crippen LogP contribution in [0.3, 0.4) is 0 Å². The summed E-state index contributed by atoms with van der Waals surface area (Å²) >= 11 is 0. The van der Waals surface area contributed by atoms with E-state index >= 15 is 0 Å². The van der Waals surface area contributed by atoms with Gasteiger partial charge in [0.15, 0.2) is 12.2 Å². The molecule has 0 aliphatic heterocycles. The van der Waals surface area contributed by atoms with Gasteiger partial charge in [-0.2, -0.15) is 0 Å². The second-order valence-electron chi connectivity index (χ2n) is 25.4. The first-order valence-corrected chi connectivity index (χ1v) is 39.1. The summed E-state index contributed by atoms with van der Waals surface area (Å²) in [7, 11) is -9.88. The van der Waals surface area contributed by atoms with Crippen molar-refractivity contribution >= 4 is 39.5 Å². The number of phosphoric ester groups is 2. The molecule has 3 N–H and O–H groups in total. The molecule has 0 spiro atoms. The van der Waals surface area contributed by atoms with Crippen molar-refractivity contribution in [3.63, 3.8) is 0 Å². The standard InChI is InChI=1S/C69H134O17P2/c1-7-11-13-15-16-27-35-41-47-53-68(73)85-64(57-79-66(71)51-45-37-14-12-8-2)59-83-87(75,76)81-55-63(70)56-82-88(77,78)84-60-65(58-80-67(72)52-46-40-34-31-30-33-39-44-50-62(6)10-4)86-69(74)54-48-42-36-29-26-24-22-20-18-17-19-21-23-25-28-32-38-43-49-61(5)9-3/h61-65,70H,7-60H2,1-6H3,(H,75,76)(H,77,78)/t61?,62?,63-,64+,65+/m0/s1. The van der Waals surface area contributed by atoms with Gasteiger partial charge in [0, 0.05) is 25.7 Å². The molecule has 0 aromatic rings. The number of ether oxygens (including phenoxy) is 4. The zero-order chi connectivity index (χ0) is 65.0. The first kappa shape index (κ1) is 86.1. The van der Waals surface area contributed by atoms with Crippen LogP contribution in [0.25, 0.3) is 0 Å². The molecule has 0 rings (SSSR count). The summed E-state index contributed by atoms with van der Waals surface area (Å²) < 4.78 is 67.9. The third-order valence-electron chi connectivity index (χ3n) is 16.7. The molecule has 4 unspecified atom stereocenters. The summed E-state index contributed by atoms with van der Waals surface area (Å²) in [6, 6.07) is 0. The molecule has 0 bridgehead atoms. The molecule has 0 fully saturated rings. The van der Waals surface area contributed by atoms with E-state index in [1.807, 2.05) is 0 Å². The monoisotopic (exact) mass is 1300 g/mol. The van der Waals surface area contributed by atoms with Gasteiger partial charge in [-0.25, -0.2) is 9.13 Å². The summed E-state index contributed by atoms with van der Waals surface area (Å²) in [5.74, 6) is -0.491. The lowest BCUT2D eigenvalue weighted by molar-refractivity contribution is -0.161. The molecule has 17 nitrogen and oxygen atoms in total. The van der Waals surface area contributed by atoms with Gasteiger partial charge in [-0.1, -0.05) is 298 Å². The van der Waals surface area contributed by atoms with Gasteiger partial charge in [0.05, 0.1) is 26.4 Å². The smallest absolute Gasteiger partial charge is 0.462 e. The zero-order valence-electron chi connectivity index (χ0n) is 57.0. The molecule has 0 aliphatic carbocycles. The Kier molecular flexibility index (Phi) is 59.9. The van der Waals surface area contributed by atoms with Crippen LogP contribution in [0.15, 0.2) is 0 Å². The summed E-state index contributed by atoms with van der Waals surface area (Å²) in [5.41, 5.74) is 0. The van der Waals surface area contributed by atoms with Gasteiger partial charge in [0.25, 0.3) is 0 Å². The van der Waals surface area contributed by atoms with Gasteiger partial charge in [-0.15, -0.1) is 0 Å². The SMILES string of the molecule is CCCCCCCCCCCC(=O)O[C@H](COC(=O)CCCCCCC)COP(=O)(O)OC[C@H](O)COP(=O)(O)OC[C@@H](COC(=O)CCCCCCCCCCC(C)CC)OC(=O)CCCCCCCCCCCCCCCCCCCCC(C)CC. The highest BCUT2D eigenvalue weighted by Gasteiger charge is 2.30. The molecule has 0 aromatic carbocycles. The highest BCUT2D eigenvalue weighted by Crippen LogP contribution is 2.45. The maximum Gasteiger partial charge on any atom is 0.472 e. The number of rotatable bonds is 68. The molecule has 0 heterocycles. The van der Waals surface area contributed by atoms with E-state index in [0.29, 0.717) is 25.7 Å². The Hall–Kier alpha value is -1.94. The lowest BCUT2D eigenvalue weighted by Gasteiger charge is -2.21. The molecule has 0 aliphatic rings. The maximum absolute atomic E-state index is 13.0. The number of phosphoric acid groups is 2. The summed E-state index contributed by atoms with van der Waals surface area (Å²) in [4.78, 5) is 72.1. The predicted molar refractivity (Wildman–Crippen MR) is 354 cm³/mol. The number of carbonyl (C=O) groups is 4. The minimum atomic E-state index is -4.95. The van der Waals surface area contributed by atoms with Crippen LogP contribution in [0, 0.1) is 11.8 Å². The van der Waals surface area contributed by atoms with Crippen LogP contribution in [0.5, 0.6) is 0 Å². The second kappa shape index (κ2) is 61.3. The third kappa shape index (κ3) is 60.3. The van der Waals surface area contributed by atoms with Crippen LogP contribution in [0.1, 0.15) is 350 Å².